The van der Waals surface area contributed by atoms with Crippen LogP contribution in [0.5, 0.6) is 5.75 Å². The van der Waals surface area contributed by atoms with Gasteiger partial charge in [0, 0.05) is 48.2 Å². The third-order valence-electron chi connectivity index (χ3n) is 10.4. The lowest BCUT2D eigenvalue weighted by molar-refractivity contribution is -0.159. The normalized spacial score (nSPS) is 20.1. The molecular formula is C46H62N6O7. The maximum atomic E-state index is 15.2. The zero-order valence-electron chi connectivity index (χ0n) is 42.2. The number of benzene rings is 3. The molecule has 2 aliphatic heterocycles. The van der Waals surface area contributed by atoms with Gasteiger partial charge in [-0.15, -0.1) is 0 Å². The lowest BCUT2D eigenvalue weighted by Gasteiger charge is -2.39. The number of nitrogens with zero attached hydrogens (tertiary/aromatic N) is 2. The Labute approximate surface area is 360 Å². The van der Waals surface area contributed by atoms with Crippen molar-refractivity contribution in [3.63, 3.8) is 0 Å². The molecule has 59 heavy (non-hydrogen) atoms. The number of rotatable bonds is 19. The fraction of sp³-hybridized carbons (Fsp3) is 0.500. The summed E-state index contributed by atoms with van der Waals surface area (Å²) in [4.78, 5) is 72.3. The van der Waals surface area contributed by atoms with Crippen LogP contribution in [-0.4, -0.2) is 103 Å². The number of hydrogen-bond donors (Lipinski definition) is 4. The highest BCUT2D eigenvalue weighted by molar-refractivity contribution is 5.88. The second kappa shape index (κ2) is 21.4. The summed E-state index contributed by atoms with van der Waals surface area (Å²) in [5, 5.41) is 11.2. The third-order valence-corrected chi connectivity index (χ3v) is 10.4. The number of amides is 6. The molecular weight excluding hydrogens is 749 g/mol. The van der Waals surface area contributed by atoms with Crippen molar-refractivity contribution in [1.82, 2.24) is 31.1 Å². The first kappa shape index (κ1) is 34.3. The molecule has 13 nitrogen and oxygen atoms in total. The van der Waals surface area contributed by atoms with Crippen LogP contribution in [0.3, 0.4) is 0 Å². The van der Waals surface area contributed by atoms with Gasteiger partial charge in [-0.1, -0.05) is 106 Å². The van der Waals surface area contributed by atoms with Crippen molar-refractivity contribution >= 4 is 29.8 Å². The maximum Gasteiger partial charge on any atom is 0.329 e. The smallest absolute Gasteiger partial charge is 0.329 e. The molecule has 0 aliphatic carbocycles. The summed E-state index contributed by atoms with van der Waals surface area (Å²) in [6.45, 7) is -0.735. The molecule has 6 amide bonds. The summed E-state index contributed by atoms with van der Waals surface area (Å²) in [5.74, 6) is -6.98. The molecule has 3 aromatic rings. The highest BCUT2D eigenvalue weighted by atomic mass is 16.5. The van der Waals surface area contributed by atoms with E-state index in [1.807, 2.05) is 32.0 Å². The predicted octanol–water partition coefficient (Wildman–Crippen LogP) is 5.32. The zero-order valence-corrected chi connectivity index (χ0v) is 34.2. The van der Waals surface area contributed by atoms with Gasteiger partial charge in [0.05, 0.1) is 7.41 Å². The topological polar surface area (TPSA) is 158 Å². The molecule has 2 heterocycles. The molecule has 0 spiro atoms. The summed E-state index contributed by atoms with van der Waals surface area (Å²) in [6.07, 6.45) is -1.30. The highest BCUT2D eigenvalue weighted by Gasteiger charge is 2.40. The molecule has 5 atom stereocenters. The van der Waals surface area contributed by atoms with Gasteiger partial charge in [0.15, 0.2) is 6.61 Å². The van der Waals surface area contributed by atoms with Crippen molar-refractivity contribution in [2.75, 3.05) is 32.8 Å². The van der Waals surface area contributed by atoms with Crippen LogP contribution in [0.1, 0.15) is 80.0 Å². The summed E-state index contributed by atoms with van der Waals surface area (Å²) < 4.78 is 81.3. The average Bonchev–Trinajstić information content (AvgIpc) is 3.26. The number of esters is 1. The van der Waals surface area contributed by atoms with Crippen LogP contribution < -0.4 is 26.0 Å². The van der Waals surface area contributed by atoms with E-state index in [-0.39, 0.29) is 38.1 Å². The van der Waals surface area contributed by atoms with Gasteiger partial charge in [-0.3, -0.25) is 9.59 Å². The first-order valence-corrected chi connectivity index (χ1v) is 20.2. The Morgan fingerprint density at radius 2 is 1.37 bits per heavy atom. The fourth-order valence-electron chi connectivity index (χ4n) is 7.61. The lowest BCUT2D eigenvalue weighted by atomic mass is 9.92. The van der Waals surface area contributed by atoms with Crippen molar-refractivity contribution in [3.05, 3.63) is 101 Å². The molecule has 2 saturated heterocycles. The van der Waals surface area contributed by atoms with E-state index in [4.69, 9.17) is 17.7 Å². The molecule has 5 rings (SSSR count). The minimum Gasteiger partial charge on any atom is -0.483 e. The number of para-hydroxylation sites is 1. The van der Waals surface area contributed by atoms with E-state index in [0.717, 1.165) is 16.7 Å². The Morgan fingerprint density at radius 3 is 1.93 bits per heavy atom. The van der Waals surface area contributed by atoms with E-state index in [1.54, 1.807) is 74.5 Å². The quantitative estimate of drug-likeness (QED) is 0.119. The van der Waals surface area contributed by atoms with Gasteiger partial charge in [-0.25, -0.2) is 14.4 Å². The molecule has 318 valence electrons. The summed E-state index contributed by atoms with van der Waals surface area (Å²) in [7, 11) is 0. The minimum atomic E-state index is -3.99. The van der Waals surface area contributed by atoms with E-state index in [0.29, 0.717) is 35.7 Å². The van der Waals surface area contributed by atoms with Crippen LogP contribution in [0.4, 0.5) is 9.59 Å². The van der Waals surface area contributed by atoms with Crippen molar-refractivity contribution in [2.24, 2.45) is 11.8 Å². The van der Waals surface area contributed by atoms with Crippen LogP contribution in [0, 0.1) is 25.7 Å². The van der Waals surface area contributed by atoms with Crippen molar-refractivity contribution in [2.45, 2.75) is 104 Å². The Bertz CT molecular complexity index is 2170. The molecule has 2 fully saturated rings. The first-order chi connectivity index (χ1) is 31.5. The van der Waals surface area contributed by atoms with Crippen molar-refractivity contribution < 1.29 is 44.4 Å². The van der Waals surface area contributed by atoms with Crippen LogP contribution in [0.15, 0.2) is 78.9 Å². The first-order valence-electron chi connectivity index (χ1n) is 24.2. The number of carbonyl (C=O) groups is 5. The van der Waals surface area contributed by atoms with Gasteiger partial charge in [0.1, 0.15) is 23.9 Å². The van der Waals surface area contributed by atoms with Gasteiger partial charge in [0.2, 0.25) is 5.91 Å². The van der Waals surface area contributed by atoms with Gasteiger partial charge in [-0.2, -0.15) is 0 Å². The van der Waals surface area contributed by atoms with Crippen LogP contribution in [0.25, 0.3) is 0 Å². The summed E-state index contributed by atoms with van der Waals surface area (Å²) >= 11 is 0. The molecule has 0 unspecified atom stereocenters. The van der Waals surface area contributed by atoms with Gasteiger partial charge in [-0.05, 0) is 73.6 Å². The fourth-order valence-corrected chi connectivity index (χ4v) is 7.61. The van der Waals surface area contributed by atoms with Gasteiger partial charge < -0.3 is 40.5 Å². The van der Waals surface area contributed by atoms with Crippen molar-refractivity contribution in [3.8, 4) is 5.75 Å². The van der Waals surface area contributed by atoms with Crippen molar-refractivity contribution in [1.29, 1.82) is 0 Å². The monoisotopic (exact) mass is 819 g/mol. The van der Waals surface area contributed by atoms with E-state index in [2.05, 4.69) is 21.3 Å². The molecule has 0 saturated carbocycles. The van der Waals surface area contributed by atoms with Crippen LogP contribution >= 0.6 is 0 Å². The Hall–Kier alpha value is -5.59. The standard InChI is InChI=1S/C46H62N6O7/c1-30(2)40(51-24-14-22-47-45(51)56)43(54)49-36(26-34-18-9-7-10-19-34)28-38(59-44(55)41(31(3)4)52-25-15-23-48-46(52)57)37(27-35-20-11-8-12-21-35)50-39(53)29-58-42-32(5)16-13-17-33(42)6/h7-13,16-21,30-31,36-38,40-41H,14-15,22-29H2,1-6H3,(H,47,56)(H,48,57)(H,49,54)(H,50,53)/t36-,37-,38-,40-,41-/m0/s1/i3D3,4D3,31D,41D. The highest BCUT2D eigenvalue weighted by Crippen LogP contribution is 2.24. The Kier molecular flexibility index (Phi) is 12.5. The number of carbonyl (C=O) groups excluding carboxylic acids is 5. The van der Waals surface area contributed by atoms with E-state index < -0.39 is 92.8 Å². The molecule has 0 bridgehead atoms. The number of urea groups is 2. The zero-order chi connectivity index (χ0) is 49.3. The molecule has 4 N–H and O–H groups in total. The van der Waals surface area contributed by atoms with Gasteiger partial charge in [0.25, 0.3) is 5.91 Å². The second-order valence-electron chi connectivity index (χ2n) is 15.4. The number of hydrogen-bond acceptors (Lipinski definition) is 7. The second-order valence-corrected chi connectivity index (χ2v) is 15.4. The number of aryl methyl sites for hydroxylation is 2. The molecule has 0 aromatic heterocycles. The largest absolute Gasteiger partial charge is 0.483 e. The van der Waals surface area contributed by atoms with Crippen LogP contribution in [-0.2, 0) is 32.0 Å². The van der Waals surface area contributed by atoms with E-state index >= 15 is 4.79 Å². The average molecular weight is 819 g/mol. The summed E-state index contributed by atoms with van der Waals surface area (Å²) in [6, 6.07) is 14.7. The molecule has 3 aromatic carbocycles. The third kappa shape index (κ3) is 12.5. The Morgan fingerprint density at radius 1 is 0.797 bits per heavy atom. The number of ether oxygens (including phenoxy) is 2. The lowest BCUT2D eigenvalue weighted by Crippen LogP contribution is -2.60. The summed E-state index contributed by atoms with van der Waals surface area (Å²) in [5.41, 5.74) is 2.86. The number of nitrogens with one attached hydrogen (secondary N) is 4. The van der Waals surface area contributed by atoms with Gasteiger partial charge >= 0.3 is 18.0 Å². The van der Waals surface area contributed by atoms with E-state index in [9.17, 15) is 21.9 Å². The Balaban J connectivity index is 1.66. The molecule has 2 aliphatic rings. The SMILES string of the molecule is [2H]C([2H])([2H])C([2H])(C([2H])([2H])[2H])[C@@]([2H])(C(=O)O[C@@H](C[C@H](Cc1ccccc1)NC(=O)[C@H](C(C)C)N1CCCNC1=O)[C@H](Cc1ccccc1)NC(=O)COc1c(C)cccc1C)N1CCCNC1=O. The molecule has 0 radical (unpaired) electrons. The maximum absolute atomic E-state index is 15.2. The van der Waals surface area contributed by atoms with E-state index in [1.165, 1.54) is 4.90 Å². The molecule has 13 heteroatoms. The van der Waals surface area contributed by atoms with Crippen LogP contribution in [0.2, 0.25) is 0 Å². The predicted molar refractivity (Wildman–Crippen MR) is 227 cm³/mol. The minimum absolute atomic E-state index is 0.0578.